The van der Waals surface area contributed by atoms with Crippen molar-refractivity contribution in [3.05, 3.63) is 90.4 Å². The van der Waals surface area contributed by atoms with E-state index in [2.05, 4.69) is 75.3 Å². The minimum atomic E-state index is 0.805. The average Bonchev–Trinajstić information content (AvgIpc) is 3.11. The number of nitrogens with one attached hydrogen (secondary N) is 3. The van der Waals surface area contributed by atoms with Gasteiger partial charge >= 0.3 is 0 Å². The first-order chi connectivity index (χ1) is 12.9. The third-order valence-electron chi connectivity index (χ3n) is 4.53. The van der Waals surface area contributed by atoms with Gasteiger partial charge in [0.1, 0.15) is 0 Å². The quantitative estimate of drug-likeness (QED) is 0.451. The van der Waals surface area contributed by atoms with Crippen LogP contribution in [0.25, 0.3) is 10.9 Å². The third kappa shape index (κ3) is 3.86. The molecular formula is C22H22N4. The third-order valence-corrected chi connectivity index (χ3v) is 4.53. The number of aromatic amines is 1. The maximum Gasteiger partial charge on any atom is 0.0456 e. The van der Waals surface area contributed by atoms with Crippen molar-refractivity contribution < 1.29 is 0 Å². The van der Waals surface area contributed by atoms with Gasteiger partial charge in [-0.15, -0.1) is 0 Å². The zero-order valence-electron chi connectivity index (χ0n) is 14.6. The molecule has 4 aromatic rings. The molecule has 0 radical (unpaired) electrons. The van der Waals surface area contributed by atoms with E-state index >= 15 is 0 Å². The van der Waals surface area contributed by atoms with Gasteiger partial charge in [-0.25, -0.2) is 0 Å². The van der Waals surface area contributed by atoms with Crippen molar-refractivity contribution in [2.24, 2.45) is 0 Å². The lowest BCUT2D eigenvalue weighted by molar-refractivity contribution is 1.03. The second kappa shape index (κ2) is 7.74. The normalized spacial score (nSPS) is 10.8. The second-order valence-electron chi connectivity index (χ2n) is 6.32. The second-order valence-corrected chi connectivity index (χ2v) is 6.32. The van der Waals surface area contributed by atoms with Crippen LogP contribution in [0.4, 0.5) is 11.4 Å². The molecule has 2 heterocycles. The van der Waals surface area contributed by atoms with E-state index in [1.165, 1.54) is 22.0 Å². The van der Waals surface area contributed by atoms with Crippen LogP contribution in [0.15, 0.2) is 79.3 Å². The Morgan fingerprint density at radius 1 is 0.808 bits per heavy atom. The molecule has 4 rings (SSSR count). The minimum absolute atomic E-state index is 0.805. The highest BCUT2D eigenvalue weighted by Gasteiger charge is 2.02. The van der Waals surface area contributed by atoms with E-state index in [0.717, 1.165) is 30.9 Å². The van der Waals surface area contributed by atoms with E-state index in [1.807, 2.05) is 12.1 Å². The number of hydrogen-bond acceptors (Lipinski definition) is 3. The molecule has 0 aliphatic rings. The molecule has 0 spiro atoms. The molecule has 0 aliphatic heterocycles. The number of rotatable bonds is 7. The van der Waals surface area contributed by atoms with Gasteiger partial charge in [-0.2, -0.15) is 0 Å². The molecule has 2 aromatic carbocycles. The molecule has 26 heavy (non-hydrogen) atoms. The van der Waals surface area contributed by atoms with E-state index in [0.29, 0.717) is 0 Å². The van der Waals surface area contributed by atoms with Gasteiger partial charge < -0.3 is 15.6 Å². The Balaban J connectivity index is 1.29. The van der Waals surface area contributed by atoms with E-state index in [9.17, 15) is 0 Å². The minimum Gasteiger partial charge on any atom is -0.385 e. The number of fused-ring (bicyclic) bond motifs is 1. The van der Waals surface area contributed by atoms with Crippen molar-refractivity contribution in [1.29, 1.82) is 0 Å². The molecule has 130 valence electrons. The van der Waals surface area contributed by atoms with Crippen LogP contribution < -0.4 is 10.6 Å². The topological polar surface area (TPSA) is 52.7 Å². The van der Waals surface area contributed by atoms with Gasteiger partial charge in [0.15, 0.2) is 0 Å². The Morgan fingerprint density at radius 3 is 2.42 bits per heavy atom. The van der Waals surface area contributed by atoms with Crippen molar-refractivity contribution in [3.63, 3.8) is 0 Å². The van der Waals surface area contributed by atoms with Crippen LogP contribution in [-0.4, -0.2) is 16.5 Å². The summed E-state index contributed by atoms with van der Waals surface area (Å²) in [6.45, 7) is 1.72. The molecule has 0 unspecified atom stereocenters. The fourth-order valence-electron chi connectivity index (χ4n) is 3.09. The summed E-state index contributed by atoms with van der Waals surface area (Å²) in [7, 11) is 0. The molecular weight excluding hydrogens is 320 g/mol. The van der Waals surface area contributed by atoms with Crippen LogP contribution in [0, 0.1) is 0 Å². The zero-order valence-corrected chi connectivity index (χ0v) is 14.6. The summed E-state index contributed by atoms with van der Waals surface area (Å²) >= 11 is 0. The molecule has 0 fully saturated rings. The van der Waals surface area contributed by atoms with Crippen LogP contribution in [0.5, 0.6) is 0 Å². The van der Waals surface area contributed by atoms with Gasteiger partial charge in [-0.05, 0) is 47.9 Å². The van der Waals surface area contributed by atoms with Gasteiger partial charge in [-0.3, -0.25) is 4.98 Å². The summed E-state index contributed by atoms with van der Waals surface area (Å²) in [5, 5.41) is 8.21. The largest absolute Gasteiger partial charge is 0.385 e. The van der Waals surface area contributed by atoms with Crippen molar-refractivity contribution in [2.75, 3.05) is 17.2 Å². The van der Waals surface area contributed by atoms with E-state index in [1.54, 1.807) is 12.4 Å². The number of hydrogen-bond donors (Lipinski definition) is 3. The number of benzene rings is 2. The fourth-order valence-corrected chi connectivity index (χ4v) is 3.09. The highest BCUT2D eigenvalue weighted by Crippen LogP contribution is 2.18. The number of aromatic nitrogens is 2. The molecule has 0 aliphatic carbocycles. The zero-order chi connectivity index (χ0) is 17.6. The number of anilines is 2. The van der Waals surface area contributed by atoms with Crippen LogP contribution in [0.2, 0.25) is 0 Å². The molecule has 2 aromatic heterocycles. The van der Waals surface area contributed by atoms with Crippen molar-refractivity contribution in [2.45, 2.75) is 13.0 Å². The predicted molar refractivity (Wildman–Crippen MR) is 108 cm³/mol. The first-order valence-electron chi connectivity index (χ1n) is 8.90. The molecule has 0 saturated heterocycles. The Hall–Kier alpha value is -3.27. The molecule has 4 nitrogen and oxygen atoms in total. The first kappa shape index (κ1) is 16.2. The lowest BCUT2D eigenvalue weighted by atomic mass is 10.1. The average molecular weight is 342 g/mol. The molecule has 0 atom stereocenters. The van der Waals surface area contributed by atoms with E-state index in [-0.39, 0.29) is 0 Å². The summed E-state index contributed by atoms with van der Waals surface area (Å²) in [4.78, 5) is 7.36. The summed E-state index contributed by atoms with van der Waals surface area (Å²) < 4.78 is 0. The summed E-state index contributed by atoms with van der Waals surface area (Å²) in [5.74, 6) is 0. The molecule has 4 heteroatoms. The van der Waals surface area contributed by atoms with Crippen molar-refractivity contribution in [3.8, 4) is 0 Å². The number of H-pyrrole nitrogens is 1. The monoisotopic (exact) mass is 342 g/mol. The van der Waals surface area contributed by atoms with Crippen LogP contribution >= 0.6 is 0 Å². The Labute approximate surface area is 153 Å². The van der Waals surface area contributed by atoms with Crippen LogP contribution in [0.3, 0.4) is 0 Å². The van der Waals surface area contributed by atoms with Crippen molar-refractivity contribution >= 4 is 22.3 Å². The lowest BCUT2D eigenvalue weighted by Gasteiger charge is -2.09. The fraction of sp³-hybridized carbons (Fsp3) is 0.136. The molecule has 0 bridgehead atoms. The van der Waals surface area contributed by atoms with Gasteiger partial charge in [0.25, 0.3) is 0 Å². The van der Waals surface area contributed by atoms with E-state index in [4.69, 9.17) is 0 Å². The Morgan fingerprint density at radius 2 is 1.58 bits per heavy atom. The van der Waals surface area contributed by atoms with E-state index < -0.39 is 0 Å². The lowest BCUT2D eigenvalue weighted by Crippen LogP contribution is -2.05. The predicted octanol–water partition coefficient (Wildman–Crippen LogP) is 4.83. The molecule has 0 saturated carbocycles. The van der Waals surface area contributed by atoms with Crippen LogP contribution in [-0.2, 0) is 13.0 Å². The smallest absolute Gasteiger partial charge is 0.0456 e. The highest BCUT2D eigenvalue weighted by atomic mass is 14.9. The number of pyridine rings is 1. The molecule has 3 N–H and O–H groups in total. The molecule has 0 amide bonds. The summed E-state index contributed by atoms with van der Waals surface area (Å²) in [5.41, 5.74) is 6.04. The summed E-state index contributed by atoms with van der Waals surface area (Å²) in [6.07, 6.45) is 6.70. The number of para-hydroxylation sites is 1. The van der Waals surface area contributed by atoms with Crippen molar-refractivity contribution in [1.82, 2.24) is 9.97 Å². The SMILES string of the molecule is c1ccc2c(CCNc3ccc(CNc4ccncc4)cc3)c[nH]c2c1. The van der Waals surface area contributed by atoms with Gasteiger partial charge in [-0.1, -0.05) is 30.3 Å². The number of nitrogens with zero attached hydrogens (tertiary/aromatic N) is 1. The van der Waals surface area contributed by atoms with Gasteiger partial charge in [0, 0.05) is 54.0 Å². The Bertz CT molecular complexity index is 958. The standard InChI is InChI=1S/C22H22N4/c1-2-4-22-21(3-1)18(16-26-22)9-14-24-19-7-5-17(6-8-19)15-25-20-10-12-23-13-11-20/h1-8,10-13,16,24,26H,9,14-15H2,(H,23,25). The Kier molecular flexibility index (Phi) is 4.83. The summed E-state index contributed by atoms with van der Waals surface area (Å²) in [6, 6.07) is 21.0. The maximum atomic E-state index is 4.03. The van der Waals surface area contributed by atoms with Gasteiger partial charge in [0.2, 0.25) is 0 Å². The first-order valence-corrected chi connectivity index (χ1v) is 8.90. The van der Waals surface area contributed by atoms with Crippen LogP contribution in [0.1, 0.15) is 11.1 Å². The highest BCUT2D eigenvalue weighted by molar-refractivity contribution is 5.83. The maximum absolute atomic E-state index is 4.03. The van der Waals surface area contributed by atoms with Gasteiger partial charge in [0.05, 0.1) is 0 Å².